The minimum Gasteiger partial charge on any atom is -0.488 e. The number of alkyl halides is 3. The van der Waals surface area contributed by atoms with Crippen molar-refractivity contribution in [1.82, 2.24) is 4.90 Å². The molecule has 1 aliphatic rings. The zero-order valence-electron chi connectivity index (χ0n) is 8.91. The molecule has 0 saturated carbocycles. The third-order valence-corrected chi connectivity index (χ3v) is 2.28. The first kappa shape index (κ1) is 12.0. The van der Waals surface area contributed by atoms with Gasteiger partial charge in [0.1, 0.15) is 17.6 Å². The van der Waals surface area contributed by atoms with Gasteiger partial charge in [0.05, 0.1) is 0 Å². The van der Waals surface area contributed by atoms with E-state index in [2.05, 4.69) is 11.8 Å². The number of ether oxygens (including phenoxy) is 2. The first-order chi connectivity index (χ1) is 7.92. The molecule has 1 fully saturated rings. The highest BCUT2D eigenvalue weighted by Gasteiger charge is 2.31. The minimum absolute atomic E-state index is 0.0573. The van der Waals surface area contributed by atoms with Gasteiger partial charge >= 0.3 is 6.36 Å². The predicted octanol–water partition coefficient (Wildman–Crippen LogP) is 2.44. The lowest BCUT2D eigenvalue weighted by Crippen LogP contribution is -2.50. The van der Waals surface area contributed by atoms with Gasteiger partial charge in [0.2, 0.25) is 0 Å². The van der Waals surface area contributed by atoms with E-state index in [-0.39, 0.29) is 11.9 Å². The number of likely N-dealkylation sites (tertiary alicyclic amines) is 1. The van der Waals surface area contributed by atoms with Crippen LogP contribution in [0.15, 0.2) is 24.3 Å². The first-order valence-electron chi connectivity index (χ1n) is 5.00. The number of hydrogen-bond donors (Lipinski definition) is 0. The molecule has 1 aliphatic heterocycles. The summed E-state index contributed by atoms with van der Waals surface area (Å²) in [6.45, 7) is 1.45. The van der Waals surface area contributed by atoms with Crippen molar-refractivity contribution in [3.05, 3.63) is 31.3 Å². The summed E-state index contributed by atoms with van der Waals surface area (Å²) < 4.78 is 44.9. The Labute approximate surface area is 96.7 Å². The fraction of sp³-hybridized carbons (Fsp3) is 0.364. The van der Waals surface area contributed by atoms with Crippen molar-refractivity contribution in [2.45, 2.75) is 12.5 Å². The van der Waals surface area contributed by atoms with Crippen LogP contribution in [0.1, 0.15) is 0 Å². The number of hydrogen-bond acceptors (Lipinski definition) is 3. The molecule has 0 atom stereocenters. The molecule has 0 N–H and O–H groups in total. The quantitative estimate of drug-likeness (QED) is 0.764. The Bertz CT molecular complexity index is 371. The van der Waals surface area contributed by atoms with E-state index >= 15 is 0 Å². The molecule has 3 nitrogen and oxygen atoms in total. The van der Waals surface area contributed by atoms with Gasteiger partial charge in [-0.05, 0) is 24.3 Å². The normalized spacial score (nSPS) is 17.6. The topological polar surface area (TPSA) is 21.7 Å². The number of rotatable bonds is 3. The molecule has 94 valence electrons. The summed E-state index contributed by atoms with van der Waals surface area (Å²) in [5, 5.41) is 0. The van der Waals surface area contributed by atoms with E-state index in [9.17, 15) is 13.2 Å². The number of halogens is 3. The molecule has 0 aliphatic carbocycles. The van der Waals surface area contributed by atoms with Crippen molar-refractivity contribution in [3.8, 4) is 11.5 Å². The summed E-state index contributed by atoms with van der Waals surface area (Å²) in [7, 11) is 3.70. The van der Waals surface area contributed by atoms with Crippen molar-refractivity contribution in [3.63, 3.8) is 0 Å². The van der Waals surface area contributed by atoms with Crippen LogP contribution in [0.2, 0.25) is 0 Å². The Balaban J connectivity index is 1.89. The summed E-state index contributed by atoms with van der Waals surface area (Å²) in [5.74, 6) is 0.273. The third kappa shape index (κ3) is 3.52. The molecular formula is C11H11F3NO2-. The third-order valence-electron chi connectivity index (χ3n) is 2.28. The molecule has 6 heteroatoms. The van der Waals surface area contributed by atoms with Gasteiger partial charge in [-0.25, -0.2) is 0 Å². The second-order valence-electron chi connectivity index (χ2n) is 3.80. The van der Waals surface area contributed by atoms with Crippen LogP contribution >= 0.6 is 0 Å². The molecule has 0 aromatic heterocycles. The van der Waals surface area contributed by atoms with E-state index in [4.69, 9.17) is 4.74 Å². The molecule has 1 heterocycles. The van der Waals surface area contributed by atoms with Gasteiger partial charge in [-0.3, -0.25) is 7.05 Å². The lowest BCUT2D eigenvalue weighted by molar-refractivity contribution is -0.274. The van der Waals surface area contributed by atoms with E-state index in [0.717, 1.165) is 13.1 Å². The van der Waals surface area contributed by atoms with Crippen LogP contribution in [0, 0.1) is 7.05 Å². The smallest absolute Gasteiger partial charge is 0.488 e. The monoisotopic (exact) mass is 246 g/mol. The SMILES string of the molecule is [CH2-]N1CC(Oc2ccc(OC(F)(F)F)cc2)C1. The number of benzene rings is 1. The largest absolute Gasteiger partial charge is 0.573 e. The highest BCUT2D eigenvalue weighted by Crippen LogP contribution is 2.25. The molecular weight excluding hydrogens is 235 g/mol. The van der Waals surface area contributed by atoms with Crippen molar-refractivity contribution in [2.75, 3.05) is 13.1 Å². The predicted molar refractivity (Wildman–Crippen MR) is 54.5 cm³/mol. The van der Waals surface area contributed by atoms with Crippen LogP contribution in [0.3, 0.4) is 0 Å². The highest BCUT2D eigenvalue weighted by atomic mass is 19.4. The molecule has 17 heavy (non-hydrogen) atoms. The zero-order valence-corrected chi connectivity index (χ0v) is 8.91. The second-order valence-corrected chi connectivity index (χ2v) is 3.80. The second kappa shape index (κ2) is 4.44. The molecule has 1 aromatic rings. The molecule has 0 bridgehead atoms. The maximum absolute atomic E-state index is 11.9. The fourth-order valence-electron chi connectivity index (χ4n) is 1.51. The van der Waals surface area contributed by atoms with Crippen LogP contribution in [-0.2, 0) is 0 Å². The van der Waals surface area contributed by atoms with E-state index < -0.39 is 6.36 Å². The Morgan fingerprint density at radius 2 is 1.65 bits per heavy atom. The van der Waals surface area contributed by atoms with Gasteiger partial charge in [0.15, 0.2) is 0 Å². The van der Waals surface area contributed by atoms with Gasteiger partial charge in [-0.1, -0.05) is 0 Å². The first-order valence-corrected chi connectivity index (χ1v) is 5.00. The molecule has 1 aromatic carbocycles. The lowest BCUT2D eigenvalue weighted by atomic mass is 10.2. The van der Waals surface area contributed by atoms with Gasteiger partial charge in [-0.15, -0.1) is 13.2 Å². The van der Waals surface area contributed by atoms with Gasteiger partial charge in [0.25, 0.3) is 0 Å². The lowest BCUT2D eigenvalue weighted by Gasteiger charge is -2.42. The maximum atomic E-state index is 11.9. The Morgan fingerprint density at radius 1 is 1.12 bits per heavy atom. The Kier molecular flexibility index (Phi) is 3.15. The standard InChI is InChI=1S/C11H11F3NO2/c1-15-6-10(7-15)16-8-2-4-9(5-3-8)17-11(12,13)14/h2-5,10H,1,6-7H2/q-1. The maximum Gasteiger partial charge on any atom is 0.573 e. The van der Waals surface area contributed by atoms with Crippen LogP contribution in [0.4, 0.5) is 13.2 Å². The molecule has 0 radical (unpaired) electrons. The fourth-order valence-corrected chi connectivity index (χ4v) is 1.51. The van der Waals surface area contributed by atoms with Crippen molar-refractivity contribution >= 4 is 0 Å². The summed E-state index contributed by atoms with van der Waals surface area (Å²) >= 11 is 0. The summed E-state index contributed by atoms with van der Waals surface area (Å²) in [5.41, 5.74) is 0. The zero-order chi connectivity index (χ0) is 12.5. The van der Waals surface area contributed by atoms with Crippen molar-refractivity contribution < 1.29 is 22.6 Å². The van der Waals surface area contributed by atoms with E-state index in [0.29, 0.717) is 5.75 Å². The van der Waals surface area contributed by atoms with Crippen molar-refractivity contribution in [2.24, 2.45) is 0 Å². The molecule has 0 spiro atoms. The van der Waals surface area contributed by atoms with Gasteiger partial charge in [-0.2, -0.15) is 0 Å². The van der Waals surface area contributed by atoms with Crippen molar-refractivity contribution in [1.29, 1.82) is 0 Å². The Hall–Kier alpha value is -1.43. The van der Waals surface area contributed by atoms with Crippen LogP contribution in [0.5, 0.6) is 11.5 Å². The average molecular weight is 246 g/mol. The van der Waals surface area contributed by atoms with Crippen LogP contribution in [-0.4, -0.2) is 30.5 Å². The van der Waals surface area contributed by atoms with Gasteiger partial charge < -0.3 is 14.4 Å². The molecule has 0 unspecified atom stereocenters. The summed E-state index contributed by atoms with van der Waals surface area (Å²) in [6.07, 6.45) is -4.60. The van der Waals surface area contributed by atoms with E-state index in [1.807, 2.05) is 4.90 Å². The minimum atomic E-state index is -4.66. The van der Waals surface area contributed by atoms with E-state index in [1.54, 1.807) is 0 Å². The average Bonchev–Trinajstić information content (AvgIpc) is 2.16. The molecule has 2 rings (SSSR count). The summed E-state index contributed by atoms with van der Waals surface area (Å²) in [4.78, 5) is 1.84. The van der Waals surface area contributed by atoms with Gasteiger partial charge in [0, 0.05) is 13.1 Å². The Morgan fingerprint density at radius 3 is 2.12 bits per heavy atom. The van der Waals surface area contributed by atoms with E-state index in [1.165, 1.54) is 24.3 Å². The summed E-state index contributed by atoms with van der Waals surface area (Å²) in [6, 6.07) is 5.35. The molecule has 0 amide bonds. The van der Waals surface area contributed by atoms with Crippen LogP contribution in [0.25, 0.3) is 0 Å². The number of nitrogens with zero attached hydrogens (tertiary/aromatic N) is 1. The molecule has 1 saturated heterocycles. The van der Waals surface area contributed by atoms with Crippen LogP contribution < -0.4 is 9.47 Å². The highest BCUT2D eigenvalue weighted by molar-refractivity contribution is 5.31.